The lowest BCUT2D eigenvalue weighted by Crippen LogP contribution is -2.47. The van der Waals surface area contributed by atoms with Gasteiger partial charge < -0.3 is 16.0 Å². The average molecular weight is 185 g/mol. The van der Waals surface area contributed by atoms with Gasteiger partial charge >= 0.3 is 6.03 Å². The van der Waals surface area contributed by atoms with E-state index in [0.29, 0.717) is 6.04 Å². The van der Waals surface area contributed by atoms with E-state index in [2.05, 4.69) is 24.1 Å². The zero-order valence-corrected chi connectivity index (χ0v) is 8.42. The van der Waals surface area contributed by atoms with Gasteiger partial charge in [0.2, 0.25) is 0 Å². The Hall–Kier alpha value is -0.770. The number of likely N-dealkylation sites (tertiary alicyclic amines) is 1. The molecule has 0 unspecified atom stereocenters. The number of rotatable bonds is 2. The summed E-state index contributed by atoms with van der Waals surface area (Å²) in [5, 5.41) is 2.75. The van der Waals surface area contributed by atoms with Gasteiger partial charge in [0.05, 0.1) is 0 Å². The molecule has 1 fully saturated rings. The molecular formula is C9H19N3O. The molecular weight excluding hydrogens is 166 g/mol. The van der Waals surface area contributed by atoms with Gasteiger partial charge in [-0.05, 0) is 26.7 Å². The maximum atomic E-state index is 10.6. The second-order valence-corrected chi connectivity index (χ2v) is 3.91. The number of nitrogens with one attached hydrogen (secondary N) is 1. The van der Waals surface area contributed by atoms with Crippen molar-refractivity contribution in [2.45, 2.75) is 38.8 Å². The molecule has 0 radical (unpaired) electrons. The Morgan fingerprint density at radius 1 is 1.46 bits per heavy atom. The third kappa shape index (κ3) is 3.22. The molecule has 4 heteroatoms. The zero-order valence-electron chi connectivity index (χ0n) is 8.42. The molecule has 1 saturated heterocycles. The van der Waals surface area contributed by atoms with E-state index in [0.717, 1.165) is 25.9 Å². The van der Waals surface area contributed by atoms with Crippen molar-refractivity contribution >= 4 is 6.03 Å². The van der Waals surface area contributed by atoms with Crippen LogP contribution in [0.3, 0.4) is 0 Å². The zero-order chi connectivity index (χ0) is 9.84. The minimum atomic E-state index is -0.400. The highest BCUT2D eigenvalue weighted by Gasteiger charge is 2.20. The van der Waals surface area contributed by atoms with E-state index in [1.807, 2.05) is 0 Å². The van der Waals surface area contributed by atoms with Gasteiger partial charge in [0, 0.05) is 25.2 Å². The second kappa shape index (κ2) is 4.46. The molecule has 0 bridgehead atoms. The Bertz CT molecular complexity index is 174. The summed E-state index contributed by atoms with van der Waals surface area (Å²) in [6, 6.07) is 0.491. The first kappa shape index (κ1) is 10.3. The van der Waals surface area contributed by atoms with Crippen LogP contribution in [0.1, 0.15) is 26.7 Å². The summed E-state index contributed by atoms with van der Waals surface area (Å²) in [6.45, 7) is 6.51. The lowest BCUT2D eigenvalue weighted by atomic mass is 10.0. The van der Waals surface area contributed by atoms with Gasteiger partial charge in [-0.3, -0.25) is 0 Å². The molecule has 0 aromatic carbocycles. The highest BCUT2D eigenvalue weighted by Crippen LogP contribution is 2.12. The Balaban J connectivity index is 2.26. The fourth-order valence-corrected chi connectivity index (χ4v) is 1.76. The molecule has 0 atom stereocenters. The number of nitrogens with zero attached hydrogens (tertiary/aromatic N) is 1. The summed E-state index contributed by atoms with van der Waals surface area (Å²) in [5.74, 6) is 0. The van der Waals surface area contributed by atoms with Crippen molar-refractivity contribution < 1.29 is 4.79 Å². The smallest absolute Gasteiger partial charge is 0.312 e. The van der Waals surface area contributed by atoms with Crippen molar-refractivity contribution in [1.82, 2.24) is 10.2 Å². The molecule has 76 valence electrons. The highest BCUT2D eigenvalue weighted by molar-refractivity contribution is 5.71. The van der Waals surface area contributed by atoms with E-state index in [-0.39, 0.29) is 6.04 Å². The SMILES string of the molecule is CC(C)N1CCC(NC(N)=O)CC1. The number of urea groups is 1. The quantitative estimate of drug-likeness (QED) is 0.659. The number of primary amides is 1. The molecule has 0 saturated carbocycles. The Morgan fingerprint density at radius 2 is 2.00 bits per heavy atom. The van der Waals surface area contributed by atoms with Crippen LogP contribution in [0, 0.1) is 0 Å². The van der Waals surface area contributed by atoms with Crippen LogP contribution in [0.4, 0.5) is 4.79 Å². The van der Waals surface area contributed by atoms with Gasteiger partial charge in [0.1, 0.15) is 0 Å². The molecule has 1 rings (SSSR count). The number of piperidine rings is 1. The third-order valence-corrected chi connectivity index (χ3v) is 2.61. The Kier molecular flexibility index (Phi) is 3.54. The number of carbonyl (C=O) groups excluding carboxylic acids is 1. The molecule has 1 aliphatic rings. The monoisotopic (exact) mass is 185 g/mol. The molecule has 13 heavy (non-hydrogen) atoms. The van der Waals surface area contributed by atoms with Crippen LogP contribution in [0.5, 0.6) is 0 Å². The van der Waals surface area contributed by atoms with Crippen LogP contribution in [0.15, 0.2) is 0 Å². The van der Waals surface area contributed by atoms with Crippen LogP contribution < -0.4 is 11.1 Å². The van der Waals surface area contributed by atoms with E-state index in [1.165, 1.54) is 0 Å². The number of carbonyl (C=O) groups is 1. The first-order valence-corrected chi connectivity index (χ1v) is 4.89. The lowest BCUT2D eigenvalue weighted by molar-refractivity contribution is 0.162. The number of hydrogen-bond donors (Lipinski definition) is 2. The van der Waals surface area contributed by atoms with Gasteiger partial charge in [-0.1, -0.05) is 0 Å². The molecule has 4 nitrogen and oxygen atoms in total. The summed E-state index contributed by atoms with van der Waals surface area (Å²) in [7, 11) is 0. The number of hydrogen-bond acceptors (Lipinski definition) is 2. The van der Waals surface area contributed by atoms with Gasteiger partial charge in [0.25, 0.3) is 0 Å². The maximum absolute atomic E-state index is 10.6. The molecule has 2 amide bonds. The molecule has 0 spiro atoms. The molecule has 0 aromatic heterocycles. The van der Waals surface area contributed by atoms with E-state index in [1.54, 1.807) is 0 Å². The van der Waals surface area contributed by atoms with Crippen LogP contribution >= 0.6 is 0 Å². The van der Waals surface area contributed by atoms with Crippen LogP contribution in [0.25, 0.3) is 0 Å². The maximum Gasteiger partial charge on any atom is 0.312 e. The fourth-order valence-electron chi connectivity index (χ4n) is 1.76. The van der Waals surface area contributed by atoms with Crippen molar-refractivity contribution in [3.63, 3.8) is 0 Å². The minimum absolute atomic E-state index is 0.285. The molecule has 3 N–H and O–H groups in total. The van der Waals surface area contributed by atoms with Crippen LogP contribution in [0.2, 0.25) is 0 Å². The van der Waals surface area contributed by atoms with E-state index in [9.17, 15) is 4.79 Å². The van der Waals surface area contributed by atoms with Crippen molar-refractivity contribution in [3.8, 4) is 0 Å². The normalized spacial score (nSPS) is 20.5. The van der Waals surface area contributed by atoms with E-state index >= 15 is 0 Å². The standard InChI is InChI=1S/C9H19N3O/c1-7(2)12-5-3-8(4-6-12)11-9(10)13/h7-8H,3-6H2,1-2H3,(H3,10,11,13). The molecule has 1 aliphatic heterocycles. The minimum Gasteiger partial charge on any atom is -0.352 e. The Labute approximate surface area is 79.5 Å². The fraction of sp³-hybridized carbons (Fsp3) is 0.889. The summed E-state index contributed by atoms with van der Waals surface area (Å²) >= 11 is 0. The predicted octanol–water partition coefficient (Wildman–Crippen LogP) is 0.528. The molecule has 0 aromatic rings. The number of nitrogens with two attached hydrogens (primary N) is 1. The summed E-state index contributed by atoms with van der Waals surface area (Å²) in [5.41, 5.74) is 5.05. The topological polar surface area (TPSA) is 58.4 Å². The van der Waals surface area contributed by atoms with Crippen LogP contribution in [-0.2, 0) is 0 Å². The van der Waals surface area contributed by atoms with Crippen molar-refractivity contribution in [2.75, 3.05) is 13.1 Å². The average Bonchev–Trinajstić information content (AvgIpc) is 2.04. The second-order valence-electron chi connectivity index (χ2n) is 3.91. The largest absolute Gasteiger partial charge is 0.352 e. The van der Waals surface area contributed by atoms with Crippen LogP contribution in [-0.4, -0.2) is 36.1 Å². The lowest BCUT2D eigenvalue weighted by Gasteiger charge is -2.34. The third-order valence-electron chi connectivity index (χ3n) is 2.61. The van der Waals surface area contributed by atoms with Gasteiger partial charge in [-0.2, -0.15) is 0 Å². The number of amides is 2. The summed E-state index contributed by atoms with van der Waals surface area (Å²) in [6.07, 6.45) is 2.03. The predicted molar refractivity (Wildman–Crippen MR) is 52.5 cm³/mol. The van der Waals surface area contributed by atoms with Crippen molar-refractivity contribution in [1.29, 1.82) is 0 Å². The van der Waals surface area contributed by atoms with Gasteiger partial charge in [-0.25, -0.2) is 4.79 Å². The van der Waals surface area contributed by atoms with Gasteiger partial charge in [0.15, 0.2) is 0 Å². The Morgan fingerprint density at radius 3 is 2.38 bits per heavy atom. The van der Waals surface area contributed by atoms with E-state index in [4.69, 9.17) is 5.73 Å². The van der Waals surface area contributed by atoms with E-state index < -0.39 is 6.03 Å². The molecule has 1 heterocycles. The van der Waals surface area contributed by atoms with Crippen molar-refractivity contribution in [2.24, 2.45) is 5.73 Å². The summed E-state index contributed by atoms with van der Waals surface area (Å²) in [4.78, 5) is 13.0. The first-order chi connectivity index (χ1) is 6.09. The first-order valence-electron chi connectivity index (χ1n) is 4.89. The van der Waals surface area contributed by atoms with Crippen molar-refractivity contribution in [3.05, 3.63) is 0 Å². The molecule has 0 aliphatic carbocycles. The highest BCUT2D eigenvalue weighted by atomic mass is 16.2. The van der Waals surface area contributed by atoms with Gasteiger partial charge in [-0.15, -0.1) is 0 Å². The summed E-state index contributed by atoms with van der Waals surface area (Å²) < 4.78 is 0.